The zero-order valence-electron chi connectivity index (χ0n) is 51.0. The Labute approximate surface area is 471 Å². The zero-order valence-corrected chi connectivity index (χ0v) is 51.9. The molecule has 0 rings (SSSR count). The summed E-state index contributed by atoms with van der Waals surface area (Å²) in [5.41, 5.74) is 0. The van der Waals surface area contributed by atoms with Gasteiger partial charge in [-0.25, -0.2) is 0 Å². The fourth-order valence-corrected chi connectivity index (χ4v) is 10.2. The first-order chi connectivity index (χ1) is 36.9. The van der Waals surface area contributed by atoms with Crippen molar-refractivity contribution in [2.24, 2.45) is 0 Å². The first kappa shape index (κ1) is 74.0. The van der Waals surface area contributed by atoms with Gasteiger partial charge in [0.05, 0.1) is 33.8 Å². The SMILES string of the molecule is CCCCC/C=C\C/C=C\C/C=C\CCCCCCCCCCC(=O)OC(/C=C/CCCCCCCCCCCC)C(COP(=O)([O-])OCC[N+](C)(C)C)NC(=O)CCCCCCCCCCCCCCCCCCC. The van der Waals surface area contributed by atoms with Gasteiger partial charge in [-0.1, -0.05) is 275 Å². The summed E-state index contributed by atoms with van der Waals surface area (Å²) in [6.07, 6.45) is 69.3. The van der Waals surface area contributed by atoms with Crippen LogP contribution in [0.1, 0.15) is 310 Å². The summed E-state index contributed by atoms with van der Waals surface area (Å²) in [7, 11) is 1.19. The Morgan fingerprint density at radius 1 is 0.461 bits per heavy atom. The van der Waals surface area contributed by atoms with E-state index >= 15 is 0 Å². The van der Waals surface area contributed by atoms with E-state index in [1.54, 1.807) is 0 Å². The van der Waals surface area contributed by atoms with Crippen molar-refractivity contribution in [1.82, 2.24) is 5.32 Å². The van der Waals surface area contributed by atoms with Crippen LogP contribution >= 0.6 is 7.82 Å². The van der Waals surface area contributed by atoms with E-state index in [0.717, 1.165) is 83.5 Å². The maximum Gasteiger partial charge on any atom is 0.306 e. The summed E-state index contributed by atoms with van der Waals surface area (Å²) in [4.78, 5) is 40.0. The summed E-state index contributed by atoms with van der Waals surface area (Å²) >= 11 is 0. The van der Waals surface area contributed by atoms with Gasteiger partial charge < -0.3 is 28.5 Å². The summed E-state index contributed by atoms with van der Waals surface area (Å²) < 4.78 is 30.4. The lowest BCUT2D eigenvalue weighted by atomic mass is 10.0. The van der Waals surface area contributed by atoms with Crippen LogP contribution in [0, 0.1) is 0 Å². The van der Waals surface area contributed by atoms with Crippen molar-refractivity contribution >= 4 is 19.7 Å². The number of esters is 1. The number of nitrogens with zero attached hydrogens (tertiary/aromatic N) is 1. The summed E-state index contributed by atoms with van der Waals surface area (Å²) in [6.45, 7) is 6.85. The number of allylic oxidation sites excluding steroid dienone is 7. The maximum atomic E-state index is 13.5. The van der Waals surface area contributed by atoms with E-state index in [1.165, 1.54) is 193 Å². The fourth-order valence-electron chi connectivity index (χ4n) is 9.47. The lowest BCUT2D eigenvalue weighted by Gasteiger charge is -2.30. The molecule has 3 unspecified atom stereocenters. The van der Waals surface area contributed by atoms with Gasteiger partial charge in [-0.05, 0) is 70.3 Å². The topological polar surface area (TPSA) is 114 Å². The van der Waals surface area contributed by atoms with Gasteiger partial charge >= 0.3 is 5.97 Å². The smallest absolute Gasteiger partial charge is 0.306 e. The molecule has 0 bridgehead atoms. The molecule has 0 aliphatic heterocycles. The number of hydrogen-bond acceptors (Lipinski definition) is 7. The third-order valence-electron chi connectivity index (χ3n) is 14.5. The van der Waals surface area contributed by atoms with E-state index in [-0.39, 0.29) is 31.5 Å². The molecule has 1 N–H and O–H groups in total. The first-order valence-corrected chi connectivity index (χ1v) is 33.9. The Kier molecular flexibility index (Phi) is 54.7. The van der Waals surface area contributed by atoms with Gasteiger partial charge in [-0.15, -0.1) is 0 Å². The highest BCUT2D eigenvalue weighted by molar-refractivity contribution is 7.45. The second kappa shape index (κ2) is 56.3. The molecule has 0 aromatic rings. The molecule has 9 nitrogen and oxygen atoms in total. The van der Waals surface area contributed by atoms with Crippen LogP contribution in [0.15, 0.2) is 48.6 Å². The number of ether oxygens (including phenoxy) is 1. The largest absolute Gasteiger partial charge is 0.756 e. The highest BCUT2D eigenvalue weighted by atomic mass is 31.2. The lowest BCUT2D eigenvalue weighted by Crippen LogP contribution is -2.47. The van der Waals surface area contributed by atoms with Crippen LogP contribution in [-0.2, 0) is 27.9 Å². The minimum Gasteiger partial charge on any atom is -0.756 e. The molecule has 76 heavy (non-hydrogen) atoms. The minimum atomic E-state index is -4.70. The first-order valence-electron chi connectivity index (χ1n) is 32.4. The Morgan fingerprint density at radius 3 is 1.22 bits per heavy atom. The molecule has 0 heterocycles. The number of nitrogens with one attached hydrogen (secondary N) is 1. The summed E-state index contributed by atoms with van der Waals surface area (Å²) in [5, 5.41) is 3.04. The van der Waals surface area contributed by atoms with Gasteiger partial charge in [0.2, 0.25) is 5.91 Å². The Hall–Kier alpha value is -2.03. The van der Waals surface area contributed by atoms with E-state index in [1.807, 2.05) is 33.3 Å². The molecule has 0 saturated carbocycles. The highest BCUT2D eigenvalue weighted by Crippen LogP contribution is 2.38. The molecule has 446 valence electrons. The third-order valence-corrected chi connectivity index (χ3v) is 15.5. The van der Waals surface area contributed by atoms with Crippen molar-refractivity contribution in [3.05, 3.63) is 48.6 Å². The van der Waals surface area contributed by atoms with Crippen LogP contribution < -0.4 is 10.2 Å². The molecule has 0 fully saturated rings. The number of hydrogen-bond donors (Lipinski definition) is 1. The predicted octanol–water partition coefficient (Wildman–Crippen LogP) is 19.4. The van der Waals surface area contributed by atoms with Crippen molar-refractivity contribution < 1.29 is 37.3 Å². The summed E-state index contributed by atoms with van der Waals surface area (Å²) in [5.74, 6) is -0.537. The average Bonchev–Trinajstić information content (AvgIpc) is 3.38. The predicted molar refractivity (Wildman–Crippen MR) is 326 cm³/mol. The Balaban J connectivity index is 5.20. The van der Waals surface area contributed by atoms with E-state index in [9.17, 15) is 19.0 Å². The van der Waals surface area contributed by atoms with Gasteiger partial charge in [0.25, 0.3) is 7.82 Å². The number of carbonyl (C=O) groups excluding carboxylic acids is 2. The van der Waals surface area contributed by atoms with Crippen molar-refractivity contribution in [3.8, 4) is 0 Å². The molecule has 0 spiro atoms. The number of quaternary nitrogens is 1. The molecule has 0 radical (unpaired) electrons. The van der Waals surface area contributed by atoms with Gasteiger partial charge in [-0.3, -0.25) is 14.2 Å². The average molecular weight is 1090 g/mol. The molecular weight excluding hydrogens is 964 g/mol. The molecule has 3 atom stereocenters. The fraction of sp³-hybridized carbons (Fsp3) is 0.848. The zero-order chi connectivity index (χ0) is 55.7. The monoisotopic (exact) mass is 1090 g/mol. The molecule has 0 aromatic carbocycles. The quantitative estimate of drug-likeness (QED) is 0.0212. The molecule has 0 aromatic heterocycles. The number of phosphoric acid groups is 1. The van der Waals surface area contributed by atoms with Gasteiger partial charge in [0, 0.05) is 12.8 Å². The van der Waals surface area contributed by atoms with Gasteiger partial charge in [-0.2, -0.15) is 0 Å². The molecule has 0 saturated heterocycles. The Bertz CT molecular complexity index is 1440. The summed E-state index contributed by atoms with van der Waals surface area (Å²) in [6, 6.07) is -0.889. The van der Waals surface area contributed by atoms with Crippen molar-refractivity contribution in [3.63, 3.8) is 0 Å². The number of carbonyl (C=O) groups is 2. The standard InChI is InChI=1S/C66H125N2O7P/c1-7-10-13-16-19-22-25-28-30-32-33-34-35-37-39-41-44-47-50-53-56-59-66(70)75-64(57-54-51-48-45-42-27-24-21-18-15-12-9-3)63(62-74-76(71,72)73-61-60-68(4,5)6)67-65(69)58-55-52-49-46-43-40-38-36-31-29-26-23-20-17-14-11-8-2/h19,22,28,30,33-34,54,57,63-64H,7-18,20-21,23-27,29,31-32,35-53,55-56,58-62H2,1-6H3,(H-,67,69,71,72)/b22-19-,30-28-,34-33-,57-54+. The van der Waals surface area contributed by atoms with E-state index in [0.29, 0.717) is 17.4 Å². The van der Waals surface area contributed by atoms with Crippen LogP contribution in [0.25, 0.3) is 0 Å². The van der Waals surface area contributed by atoms with Crippen LogP contribution in [0.2, 0.25) is 0 Å². The van der Waals surface area contributed by atoms with Crippen molar-refractivity contribution in [2.45, 2.75) is 322 Å². The van der Waals surface area contributed by atoms with Crippen molar-refractivity contribution in [1.29, 1.82) is 0 Å². The number of unbranched alkanes of at least 4 members (excludes halogenated alkanes) is 37. The Morgan fingerprint density at radius 2 is 0.803 bits per heavy atom. The second-order valence-electron chi connectivity index (χ2n) is 23.3. The highest BCUT2D eigenvalue weighted by Gasteiger charge is 2.27. The molecule has 1 amide bonds. The molecule has 0 aliphatic carbocycles. The van der Waals surface area contributed by atoms with E-state index in [4.69, 9.17) is 13.8 Å². The van der Waals surface area contributed by atoms with E-state index in [2.05, 4.69) is 62.5 Å². The molecular formula is C66H125N2O7P. The second-order valence-corrected chi connectivity index (χ2v) is 24.7. The van der Waals surface area contributed by atoms with Gasteiger partial charge in [0.1, 0.15) is 19.3 Å². The van der Waals surface area contributed by atoms with Crippen LogP contribution in [0.5, 0.6) is 0 Å². The number of likely N-dealkylation sites (N-methyl/N-ethyl adjacent to an activating group) is 1. The van der Waals surface area contributed by atoms with Crippen LogP contribution in [0.4, 0.5) is 0 Å². The number of amides is 1. The minimum absolute atomic E-state index is 0.0222. The molecule has 10 heteroatoms. The van der Waals surface area contributed by atoms with E-state index < -0.39 is 20.0 Å². The van der Waals surface area contributed by atoms with Crippen molar-refractivity contribution in [2.75, 3.05) is 40.9 Å². The van der Waals surface area contributed by atoms with Crippen LogP contribution in [-0.4, -0.2) is 69.4 Å². The lowest BCUT2D eigenvalue weighted by molar-refractivity contribution is -0.870. The maximum absolute atomic E-state index is 13.5. The number of phosphoric ester groups is 1. The van der Waals surface area contributed by atoms with Gasteiger partial charge in [0.15, 0.2) is 0 Å². The molecule has 0 aliphatic rings. The van der Waals surface area contributed by atoms with Crippen LogP contribution in [0.3, 0.4) is 0 Å². The normalized spacial score (nSPS) is 13.9. The third kappa shape index (κ3) is 56.7. The number of rotatable bonds is 59.